The van der Waals surface area contributed by atoms with Crippen molar-refractivity contribution in [2.24, 2.45) is 24.3 Å². The van der Waals surface area contributed by atoms with Crippen LogP contribution in [0.3, 0.4) is 0 Å². The van der Waals surface area contributed by atoms with Crippen LogP contribution >= 0.6 is 0 Å². The Bertz CT molecular complexity index is 774. The first-order valence-electron chi connectivity index (χ1n) is 6.62. The lowest BCUT2D eigenvalue weighted by Crippen LogP contribution is -2.41. The Kier molecular flexibility index (Phi) is 6.25. The summed E-state index contributed by atoms with van der Waals surface area (Å²) in [6, 6.07) is 0. The van der Waals surface area contributed by atoms with Crippen LogP contribution in [0.1, 0.15) is 0 Å². The average molecular weight is 362 g/mol. The van der Waals surface area contributed by atoms with E-state index in [2.05, 4.69) is 61.7 Å². The zero-order valence-electron chi connectivity index (χ0n) is 13.6. The smallest absolute Gasteiger partial charge is 0.286 e. The van der Waals surface area contributed by atoms with Gasteiger partial charge < -0.3 is 0 Å². The van der Waals surface area contributed by atoms with Crippen molar-refractivity contribution >= 4 is 11.9 Å². The molecule has 0 amide bonds. The van der Waals surface area contributed by atoms with Crippen molar-refractivity contribution in [2.45, 2.75) is 0 Å². The second-order valence-electron chi connectivity index (χ2n) is 4.29. The summed E-state index contributed by atoms with van der Waals surface area (Å²) < 4.78 is 6.03. The summed E-state index contributed by atoms with van der Waals surface area (Å²) in [6.07, 6.45) is 6.39. The van der Waals surface area contributed by atoms with Gasteiger partial charge in [0.25, 0.3) is 12.7 Å². The Morgan fingerprint density at radius 2 is 1.27 bits per heavy atom. The molecule has 4 aromatic heterocycles. The Morgan fingerprint density at radius 3 is 1.46 bits per heavy atom. The Morgan fingerprint density at radius 1 is 0.846 bits per heavy atom. The molecule has 18 nitrogen and oxygen atoms in total. The molecule has 4 aromatic rings. The molecule has 0 saturated heterocycles. The molecule has 0 aromatic carbocycles. The van der Waals surface area contributed by atoms with Crippen LogP contribution in [0.15, 0.2) is 35.5 Å². The molecular weight excluding hydrogens is 348 g/mol. The molecule has 136 valence electrons. The SMILES string of the molecule is Cn1c[n+](N)cn1.Cn1c[n+](N)cn1.N(=N\c1nnn[n-]1)/c1nnn[n-]1. The van der Waals surface area contributed by atoms with Crippen molar-refractivity contribution in [2.75, 3.05) is 11.7 Å². The fourth-order valence-corrected chi connectivity index (χ4v) is 1.24. The van der Waals surface area contributed by atoms with Crippen molar-refractivity contribution in [3.8, 4) is 0 Å². The minimum atomic E-state index is 0.0415. The highest BCUT2D eigenvalue weighted by molar-refractivity contribution is 5.10. The number of rotatable bonds is 2. The fraction of sp³-hybridized carbons (Fsp3) is 0.250. The standard InChI is InChI=1S/2C3H7N4.C2N10/c2*1-6-3-7(4)2-5-6;3(1-5-9-10-6-1)4-2-7-11-12-8-2/h2*2-3H,4H2,1H3;/q2*+1;-2/b;;4-3+. The summed E-state index contributed by atoms with van der Waals surface area (Å²) in [7, 11) is 3.62. The van der Waals surface area contributed by atoms with Crippen molar-refractivity contribution in [3.05, 3.63) is 25.3 Å². The molecule has 0 atom stereocenters. The molecule has 0 radical (unpaired) electrons. The second-order valence-corrected chi connectivity index (χ2v) is 4.29. The molecule has 0 unspecified atom stereocenters. The lowest BCUT2D eigenvalue weighted by molar-refractivity contribution is -0.639. The third-order valence-electron chi connectivity index (χ3n) is 2.18. The van der Waals surface area contributed by atoms with E-state index < -0.39 is 0 Å². The zero-order valence-corrected chi connectivity index (χ0v) is 13.6. The number of aromatic nitrogens is 14. The van der Waals surface area contributed by atoms with Crippen LogP contribution in [0.4, 0.5) is 11.9 Å². The minimum absolute atomic E-state index is 0.0415. The van der Waals surface area contributed by atoms with Crippen molar-refractivity contribution in [1.82, 2.24) is 60.8 Å². The minimum Gasteiger partial charge on any atom is -0.289 e. The summed E-state index contributed by atoms with van der Waals surface area (Å²) in [5.74, 6) is 10.5. The van der Waals surface area contributed by atoms with Gasteiger partial charge in [-0.05, 0) is 0 Å². The van der Waals surface area contributed by atoms with E-state index in [4.69, 9.17) is 11.7 Å². The quantitative estimate of drug-likeness (QED) is 0.194. The van der Waals surface area contributed by atoms with E-state index in [-0.39, 0.29) is 11.9 Å². The second kappa shape index (κ2) is 9.05. The number of nitrogens with two attached hydrogens (primary N) is 2. The molecule has 0 aliphatic heterocycles. The first-order chi connectivity index (χ1) is 12.5. The lowest BCUT2D eigenvalue weighted by Gasteiger charge is -1.91. The maximum absolute atomic E-state index is 5.21. The van der Waals surface area contributed by atoms with E-state index in [1.165, 1.54) is 22.0 Å². The van der Waals surface area contributed by atoms with Crippen LogP contribution in [0.5, 0.6) is 0 Å². The molecule has 4 rings (SSSR count). The molecule has 0 saturated carbocycles. The third kappa shape index (κ3) is 6.39. The number of nitrogen functional groups attached to an aromatic ring is 2. The number of aryl methyl sites for hydroxylation is 2. The molecule has 18 heteroatoms. The first kappa shape index (κ1) is 18.0. The Hall–Kier alpha value is -4.38. The highest BCUT2D eigenvalue weighted by Gasteiger charge is 1.92. The van der Waals surface area contributed by atoms with Crippen LogP contribution in [0.2, 0.25) is 0 Å². The van der Waals surface area contributed by atoms with Crippen LogP contribution < -0.4 is 31.2 Å². The van der Waals surface area contributed by atoms with Gasteiger partial charge in [0, 0.05) is 10.2 Å². The van der Waals surface area contributed by atoms with Gasteiger partial charge >= 0.3 is 0 Å². The summed E-state index contributed by atoms with van der Waals surface area (Å²) in [4.78, 5) is 0. The van der Waals surface area contributed by atoms with E-state index >= 15 is 0 Å². The predicted molar refractivity (Wildman–Crippen MR) is 77.6 cm³/mol. The van der Waals surface area contributed by atoms with E-state index in [1.807, 2.05) is 14.1 Å². The number of hydrogen-bond acceptors (Lipinski definition) is 12. The van der Waals surface area contributed by atoms with Gasteiger partial charge in [0.2, 0.25) is 12.7 Å². The van der Waals surface area contributed by atoms with Crippen LogP contribution in [0, 0.1) is 0 Å². The molecule has 0 fully saturated rings. The predicted octanol–water partition coefficient (Wildman–Crippen LogP) is -4.77. The topological polar surface area (TPSA) is 226 Å². The molecule has 0 spiro atoms. The Balaban J connectivity index is 0.000000150. The highest BCUT2D eigenvalue weighted by atomic mass is 15.5. The van der Waals surface area contributed by atoms with E-state index in [0.29, 0.717) is 0 Å². The molecule has 4 heterocycles. The molecule has 0 bridgehead atoms. The van der Waals surface area contributed by atoms with Gasteiger partial charge in [-0.25, -0.2) is 10.2 Å². The van der Waals surface area contributed by atoms with Gasteiger partial charge in [0.15, 0.2) is 0 Å². The van der Waals surface area contributed by atoms with E-state index in [9.17, 15) is 0 Å². The summed E-state index contributed by atoms with van der Waals surface area (Å²) in [5, 5.41) is 40.8. The van der Waals surface area contributed by atoms with Crippen LogP contribution in [-0.2, 0) is 14.1 Å². The average Bonchev–Trinajstić information content (AvgIpc) is 3.38. The first-order valence-corrected chi connectivity index (χ1v) is 6.62. The molecule has 4 N–H and O–H groups in total. The van der Waals surface area contributed by atoms with E-state index in [0.717, 1.165) is 0 Å². The monoisotopic (exact) mass is 362 g/mol. The van der Waals surface area contributed by atoms with Gasteiger partial charge in [0.1, 0.15) is 11.9 Å². The number of tetrazole rings is 2. The van der Waals surface area contributed by atoms with Gasteiger partial charge in [-0.1, -0.05) is 0 Å². The van der Waals surface area contributed by atoms with Crippen molar-refractivity contribution in [3.63, 3.8) is 0 Å². The molecule has 26 heavy (non-hydrogen) atoms. The summed E-state index contributed by atoms with van der Waals surface area (Å²) >= 11 is 0. The van der Waals surface area contributed by atoms with Crippen molar-refractivity contribution in [1.29, 1.82) is 0 Å². The lowest BCUT2D eigenvalue weighted by atomic mass is 11.1. The van der Waals surface area contributed by atoms with Gasteiger partial charge in [-0.15, -0.1) is 29.1 Å². The third-order valence-corrected chi connectivity index (χ3v) is 2.18. The highest BCUT2D eigenvalue weighted by Crippen LogP contribution is 2.03. The molecule has 0 aliphatic rings. The van der Waals surface area contributed by atoms with Gasteiger partial charge in [-0.3, -0.25) is 32.1 Å². The number of hydrogen-bond donors (Lipinski definition) is 2. The normalized spacial score (nSPS) is 10.1. The fourth-order valence-electron chi connectivity index (χ4n) is 1.24. The Labute approximate surface area is 144 Å². The molecule has 0 aliphatic carbocycles. The van der Waals surface area contributed by atoms with Gasteiger partial charge in [0.05, 0.1) is 14.1 Å². The maximum Gasteiger partial charge on any atom is 0.286 e. The van der Waals surface area contributed by atoms with Crippen LogP contribution in [0.25, 0.3) is 0 Å². The number of azo groups is 1. The summed E-state index contributed by atoms with van der Waals surface area (Å²) in [6.45, 7) is 0. The molecular formula is C8H14N18. The largest absolute Gasteiger partial charge is 0.289 e. The zero-order chi connectivity index (χ0) is 18.8. The van der Waals surface area contributed by atoms with Gasteiger partial charge in [-0.2, -0.15) is 10.4 Å². The van der Waals surface area contributed by atoms with E-state index in [1.54, 1.807) is 22.0 Å². The maximum atomic E-state index is 5.21. The van der Waals surface area contributed by atoms with Crippen LogP contribution in [-0.4, -0.2) is 50.6 Å². The summed E-state index contributed by atoms with van der Waals surface area (Å²) in [5.41, 5.74) is 0. The van der Waals surface area contributed by atoms with Crippen molar-refractivity contribution < 1.29 is 9.35 Å². The number of nitrogens with zero attached hydrogens (tertiary/aromatic N) is 16.